The van der Waals surface area contributed by atoms with Crippen LogP contribution in [-0.2, 0) is 13.0 Å². The maximum Gasteiger partial charge on any atom is 0.191 e. The lowest BCUT2D eigenvalue weighted by Gasteiger charge is -2.11. The number of nitrogens with one attached hydrogen (secondary N) is 3. The van der Waals surface area contributed by atoms with Crippen LogP contribution in [0.25, 0.3) is 16.7 Å². The third kappa shape index (κ3) is 4.96. The van der Waals surface area contributed by atoms with Crippen LogP contribution in [0, 0.1) is 19.7 Å². The van der Waals surface area contributed by atoms with Crippen molar-refractivity contribution in [2.75, 3.05) is 13.1 Å². The predicted molar refractivity (Wildman–Crippen MR) is 126 cm³/mol. The van der Waals surface area contributed by atoms with Crippen LogP contribution in [0.3, 0.4) is 0 Å². The van der Waals surface area contributed by atoms with Gasteiger partial charge in [0.05, 0.1) is 12.2 Å². The molecule has 0 aliphatic rings. The van der Waals surface area contributed by atoms with Gasteiger partial charge < -0.3 is 15.6 Å². The van der Waals surface area contributed by atoms with Gasteiger partial charge >= 0.3 is 0 Å². The molecule has 0 spiro atoms. The molecular weight excluding hydrogens is 405 g/mol. The third-order valence-electron chi connectivity index (χ3n) is 5.22. The monoisotopic (exact) mass is 433 g/mol. The fourth-order valence-corrected chi connectivity index (χ4v) is 3.69. The Morgan fingerprint density at radius 2 is 2.03 bits per heavy atom. The maximum atomic E-state index is 13.4. The van der Waals surface area contributed by atoms with Crippen molar-refractivity contribution in [3.05, 3.63) is 77.1 Å². The summed E-state index contributed by atoms with van der Waals surface area (Å²) in [6, 6.07) is 10.8. The molecule has 166 valence electrons. The predicted octanol–water partition coefficient (Wildman–Crippen LogP) is 3.80. The second-order valence-electron chi connectivity index (χ2n) is 7.74. The summed E-state index contributed by atoms with van der Waals surface area (Å²) in [6.07, 6.45) is 4.57. The Morgan fingerprint density at radius 1 is 1.16 bits per heavy atom. The van der Waals surface area contributed by atoms with Crippen LogP contribution in [-0.4, -0.2) is 38.8 Å². The number of nitrogens with zero attached hydrogens (tertiary/aromatic N) is 4. The van der Waals surface area contributed by atoms with E-state index in [0.717, 1.165) is 58.2 Å². The Balaban J connectivity index is 1.36. The summed E-state index contributed by atoms with van der Waals surface area (Å²) < 4.78 is 15.2. The van der Waals surface area contributed by atoms with Crippen LogP contribution >= 0.6 is 0 Å². The Kier molecular flexibility index (Phi) is 6.49. The van der Waals surface area contributed by atoms with E-state index in [-0.39, 0.29) is 5.82 Å². The Hall–Kier alpha value is -3.68. The topological polar surface area (TPSA) is 82.9 Å². The van der Waals surface area contributed by atoms with Crippen molar-refractivity contribution in [3.8, 4) is 5.82 Å². The van der Waals surface area contributed by atoms with E-state index in [1.165, 1.54) is 12.1 Å². The van der Waals surface area contributed by atoms with Crippen LogP contribution in [0.5, 0.6) is 0 Å². The molecule has 8 heteroatoms. The van der Waals surface area contributed by atoms with Crippen molar-refractivity contribution in [1.82, 2.24) is 30.4 Å². The van der Waals surface area contributed by atoms with E-state index < -0.39 is 0 Å². The summed E-state index contributed by atoms with van der Waals surface area (Å²) in [5, 5.41) is 12.2. The van der Waals surface area contributed by atoms with E-state index in [4.69, 9.17) is 0 Å². The van der Waals surface area contributed by atoms with E-state index in [9.17, 15) is 4.39 Å². The minimum Gasteiger partial charge on any atom is -0.361 e. The lowest BCUT2D eigenvalue weighted by Crippen LogP contribution is -2.38. The van der Waals surface area contributed by atoms with Crippen molar-refractivity contribution in [3.63, 3.8) is 0 Å². The lowest BCUT2D eigenvalue weighted by molar-refractivity contribution is 0.629. The number of rotatable bonds is 7. The molecule has 4 rings (SSSR count). The van der Waals surface area contributed by atoms with Crippen LogP contribution in [0.1, 0.15) is 29.4 Å². The lowest BCUT2D eigenvalue weighted by atomic mass is 10.1. The van der Waals surface area contributed by atoms with Crippen LogP contribution in [0.15, 0.2) is 53.8 Å². The molecule has 0 amide bonds. The molecule has 0 aliphatic heterocycles. The molecule has 1 aromatic carbocycles. The zero-order valence-electron chi connectivity index (χ0n) is 18.6. The van der Waals surface area contributed by atoms with E-state index in [1.54, 1.807) is 0 Å². The molecule has 0 fully saturated rings. The largest absolute Gasteiger partial charge is 0.361 e. The van der Waals surface area contributed by atoms with Crippen molar-refractivity contribution in [2.45, 2.75) is 33.7 Å². The van der Waals surface area contributed by atoms with Gasteiger partial charge in [0, 0.05) is 42.1 Å². The van der Waals surface area contributed by atoms with Crippen molar-refractivity contribution < 1.29 is 4.39 Å². The molecule has 0 unspecified atom stereocenters. The summed E-state index contributed by atoms with van der Waals surface area (Å²) in [7, 11) is 0. The van der Waals surface area contributed by atoms with Crippen LogP contribution in [0.4, 0.5) is 4.39 Å². The number of fused-ring (bicyclic) bond motifs is 1. The molecule has 0 saturated carbocycles. The summed E-state index contributed by atoms with van der Waals surface area (Å²) in [4.78, 5) is 12.3. The number of benzene rings is 1. The smallest absolute Gasteiger partial charge is 0.191 e. The fraction of sp³-hybridized carbons (Fsp3) is 0.292. The normalized spacial score (nSPS) is 11.8. The van der Waals surface area contributed by atoms with Gasteiger partial charge in [-0.15, -0.1) is 0 Å². The summed E-state index contributed by atoms with van der Waals surface area (Å²) in [5.41, 5.74) is 5.01. The van der Waals surface area contributed by atoms with Crippen molar-refractivity contribution in [2.24, 2.45) is 4.99 Å². The van der Waals surface area contributed by atoms with Gasteiger partial charge in [-0.05, 0) is 68.7 Å². The van der Waals surface area contributed by atoms with E-state index in [1.807, 2.05) is 62.1 Å². The molecule has 4 aromatic rings. The van der Waals surface area contributed by atoms with Crippen LogP contribution in [0.2, 0.25) is 0 Å². The summed E-state index contributed by atoms with van der Waals surface area (Å²) in [6.45, 7) is 8.03. The summed E-state index contributed by atoms with van der Waals surface area (Å²) >= 11 is 0. The zero-order chi connectivity index (χ0) is 22.5. The Bertz CT molecular complexity index is 1220. The van der Waals surface area contributed by atoms with Crippen molar-refractivity contribution in [1.29, 1.82) is 0 Å². The second-order valence-corrected chi connectivity index (χ2v) is 7.74. The number of H-pyrrole nitrogens is 1. The number of halogens is 1. The first-order chi connectivity index (χ1) is 15.5. The molecule has 0 atom stereocenters. The highest BCUT2D eigenvalue weighted by molar-refractivity contribution is 5.83. The quantitative estimate of drug-likeness (QED) is 0.306. The Morgan fingerprint density at radius 3 is 2.75 bits per heavy atom. The van der Waals surface area contributed by atoms with Gasteiger partial charge in [0.2, 0.25) is 0 Å². The molecule has 0 bridgehead atoms. The SMILES string of the molecule is CCNC(=NCc1ccc(-n2nc(C)cc2C)nc1)NCCc1c[nH]c2cc(F)ccc12. The second kappa shape index (κ2) is 9.64. The molecular formula is C24H28FN7. The molecule has 3 N–H and O–H groups in total. The first-order valence-corrected chi connectivity index (χ1v) is 10.8. The fourth-order valence-electron chi connectivity index (χ4n) is 3.69. The van der Waals surface area contributed by atoms with Gasteiger partial charge in [-0.25, -0.2) is 19.0 Å². The number of aromatic amines is 1. The minimum atomic E-state index is -0.233. The third-order valence-corrected chi connectivity index (χ3v) is 5.22. The first-order valence-electron chi connectivity index (χ1n) is 10.8. The van der Waals surface area contributed by atoms with E-state index >= 15 is 0 Å². The Labute approximate surface area is 186 Å². The number of aromatic nitrogens is 4. The number of guanidine groups is 1. The highest BCUT2D eigenvalue weighted by Crippen LogP contribution is 2.19. The zero-order valence-corrected chi connectivity index (χ0v) is 18.6. The highest BCUT2D eigenvalue weighted by Gasteiger charge is 2.07. The average molecular weight is 434 g/mol. The highest BCUT2D eigenvalue weighted by atomic mass is 19.1. The summed E-state index contributed by atoms with van der Waals surface area (Å²) in [5.74, 6) is 1.32. The standard InChI is InChI=1S/C24H28FN7/c1-4-26-24(27-10-9-19-15-28-22-12-20(25)6-7-21(19)22)30-14-18-5-8-23(29-13-18)32-17(3)11-16(2)31-32/h5-8,11-13,15,28H,4,9-10,14H2,1-3H3,(H2,26,27,30). The van der Waals surface area contributed by atoms with Gasteiger partial charge in [0.25, 0.3) is 0 Å². The molecule has 0 radical (unpaired) electrons. The molecule has 0 saturated heterocycles. The van der Waals surface area contributed by atoms with Gasteiger partial charge in [-0.3, -0.25) is 0 Å². The number of aryl methyl sites for hydroxylation is 2. The van der Waals surface area contributed by atoms with Crippen molar-refractivity contribution >= 4 is 16.9 Å². The van der Waals surface area contributed by atoms with E-state index in [0.29, 0.717) is 13.1 Å². The molecule has 3 heterocycles. The number of pyridine rings is 1. The first kappa shape index (κ1) is 21.5. The van der Waals surface area contributed by atoms with Crippen LogP contribution < -0.4 is 10.6 Å². The number of hydrogen-bond acceptors (Lipinski definition) is 3. The molecule has 7 nitrogen and oxygen atoms in total. The molecule has 32 heavy (non-hydrogen) atoms. The number of hydrogen-bond donors (Lipinski definition) is 3. The van der Waals surface area contributed by atoms with Gasteiger partial charge in [-0.2, -0.15) is 5.10 Å². The van der Waals surface area contributed by atoms with Gasteiger partial charge in [0.15, 0.2) is 11.8 Å². The van der Waals surface area contributed by atoms with Gasteiger partial charge in [-0.1, -0.05) is 6.07 Å². The number of aliphatic imine (C=N–C) groups is 1. The average Bonchev–Trinajstić information content (AvgIpc) is 3.34. The maximum absolute atomic E-state index is 13.4. The van der Waals surface area contributed by atoms with E-state index in [2.05, 4.69) is 30.7 Å². The molecule has 0 aliphatic carbocycles. The molecule has 3 aromatic heterocycles. The minimum absolute atomic E-state index is 0.233. The van der Waals surface area contributed by atoms with Gasteiger partial charge in [0.1, 0.15) is 5.82 Å².